The summed E-state index contributed by atoms with van der Waals surface area (Å²) in [5.41, 5.74) is 0. The number of hydrogen-bond acceptors (Lipinski definition) is 8. The van der Waals surface area contributed by atoms with Crippen LogP contribution in [-0.2, 0) is 28.5 Å². The lowest BCUT2D eigenvalue weighted by Crippen LogP contribution is -2.28. The molecule has 0 aliphatic heterocycles. The molecule has 0 heterocycles. The van der Waals surface area contributed by atoms with E-state index >= 15 is 0 Å². The van der Waals surface area contributed by atoms with E-state index in [0.29, 0.717) is 51.6 Å². The standard InChI is InChI=1S/C52H99NO7/c1-5-9-13-17-23-32-46-59-52(60-47-33-24-18-14-10-6-2)39-38-51(56)57-45-31-25-22-30-42-53(43-34-44-54)41-29-21-19-20-28-37-50(55)58-48-40-49(35-26-15-11-7-3)36-27-16-12-8-4/h9-10,13-14,49,52,54H,5-8,11-12,15-48H2,1-4H3/b13-9-,14-10-. The van der Waals surface area contributed by atoms with Crippen LogP contribution in [-0.4, -0.2) is 80.9 Å². The van der Waals surface area contributed by atoms with Crippen molar-refractivity contribution in [3.63, 3.8) is 0 Å². The third kappa shape index (κ3) is 42.9. The highest BCUT2D eigenvalue weighted by Crippen LogP contribution is 2.22. The molecule has 0 amide bonds. The van der Waals surface area contributed by atoms with Gasteiger partial charge in [0, 0.05) is 39.2 Å². The summed E-state index contributed by atoms with van der Waals surface area (Å²) in [6.07, 6.45) is 42.8. The van der Waals surface area contributed by atoms with Crippen LogP contribution in [0.3, 0.4) is 0 Å². The molecule has 0 unspecified atom stereocenters. The Morgan fingerprint density at radius 1 is 0.467 bits per heavy atom. The molecule has 0 atom stereocenters. The molecule has 0 radical (unpaired) electrons. The molecule has 0 spiro atoms. The zero-order valence-electron chi connectivity index (χ0n) is 40.1. The molecule has 0 aromatic carbocycles. The number of hydrogen-bond donors (Lipinski definition) is 1. The van der Waals surface area contributed by atoms with Crippen LogP contribution in [0, 0.1) is 5.92 Å². The van der Waals surface area contributed by atoms with Crippen molar-refractivity contribution in [2.45, 2.75) is 239 Å². The van der Waals surface area contributed by atoms with Gasteiger partial charge in [0.25, 0.3) is 0 Å². The number of ether oxygens (including phenoxy) is 4. The van der Waals surface area contributed by atoms with E-state index in [9.17, 15) is 14.7 Å². The first-order chi connectivity index (χ1) is 29.5. The van der Waals surface area contributed by atoms with Crippen LogP contribution in [0.1, 0.15) is 233 Å². The highest BCUT2D eigenvalue weighted by atomic mass is 16.7. The van der Waals surface area contributed by atoms with Crippen LogP contribution < -0.4 is 0 Å². The Hall–Kier alpha value is -1.74. The summed E-state index contributed by atoms with van der Waals surface area (Å²) in [6.45, 7) is 14.4. The second-order valence-electron chi connectivity index (χ2n) is 17.1. The summed E-state index contributed by atoms with van der Waals surface area (Å²) in [5, 5.41) is 9.44. The number of unbranched alkanes of at least 4 members (excludes halogenated alkanes) is 17. The molecule has 0 saturated heterocycles. The second kappa shape index (κ2) is 48.3. The predicted octanol–water partition coefficient (Wildman–Crippen LogP) is 14.0. The van der Waals surface area contributed by atoms with E-state index in [1.54, 1.807) is 0 Å². The van der Waals surface area contributed by atoms with E-state index < -0.39 is 0 Å². The maximum absolute atomic E-state index is 12.5. The van der Waals surface area contributed by atoms with Gasteiger partial charge in [-0.1, -0.05) is 148 Å². The van der Waals surface area contributed by atoms with Gasteiger partial charge in [0.2, 0.25) is 0 Å². The number of carbonyl (C=O) groups is 2. The van der Waals surface area contributed by atoms with Gasteiger partial charge in [0.15, 0.2) is 6.29 Å². The fourth-order valence-corrected chi connectivity index (χ4v) is 7.56. The molecule has 1 N–H and O–H groups in total. The first kappa shape index (κ1) is 58.3. The van der Waals surface area contributed by atoms with E-state index in [-0.39, 0.29) is 24.8 Å². The minimum atomic E-state index is -0.359. The largest absolute Gasteiger partial charge is 0.466 e. The molecule has 8 nitrogen and oxygen atoms in total. The Morgan fingerprint density at radius 2 is 0.950 bits per heavy atom. The van der Waals surface area contributed by atoms with Gasteiger partial charge in [-0.15, -0.1) is 0 Å². The average molecular weight is 850 g/mol. The fourth-order valence-electron chi connectivity index (χ4n) is 7.56. The molecule has 0 aliphatic carbocycles. The Morgan fingerprint density at radius 3 is 1.52 bits per heavy atom. The highest BCUT2D eigenvalue weighted by Gasteiger charge is 2.14. The first-order valence-electron chi connectivity index (χ1n) is 25.7. The third-order valence-corrected chi connectivity index (χ3v) is 11.4. The van der Waals surface area contributed by atoms with Gasteiger partial charge < -0.3 is 29.0 Å². The SMILES string of the molecule is CC/C=C\CCCCOC(CCC(=O)OCCCCCCN(CCCO)CCCCCCCC(=O)OCCC(CCCCCC)CCCCCC)OCCCC/C=C\CC. The number of nitrogens with zero attached hydrogens (tertiary/aromatic N) is 1. The summed E-state index contributed by atoms with van der Waals surface area (Å²) >= 11 is 0. The Kier molecular flexibility index (Phi) is 46.9. The van der Waals surface area contributed by atoms with Crippen LogP contribution in [0.25, 0.3) is 0 Å². The van der Waals surface area contributed by atoms with Crippen LogP contribution >= 0.6 is 0 Å². The van der Waals surface area contributed by atoms with Gasteiger partial charge in [-0.25, -0.2) is 0 Å². The average Bonchev–Trinajstić information content (AvgIpc) is 3.25. The minimum absolute atomic E-state index is 0.0204. The van der Waals surface area contributed by atoms with Gasteiger partial charge in [-0.2, -0.15) is 0 Å². The van der Waals surface area contributed by atoms with E-state index in [1.807, 2.05) is 0 Å². The van der Waals surface area contributed by atoms with E-state index in [4.69, 9.17) is 18.9 Å². The van der Waals surface area contributed by atoms with Crippen molar-refractivity contribution in [1.29, 1.82) is 0 Å². The third-order valence-electron chi connectivity index (χ3n) is 11.4. The number of aliphatic hydroxyl groups excluding tert-OH is 1. The van der Waals surface area contributed by atoms with E-state index in [2.05, 4.69) is 56.9 Å². The topological polar surface area (TPSA) is 94.5 Å². The van der Waals surface area contributed by atoms with Crippen molar-refractivity contribution in [3.05, 3.63) is 24.3 Å². The lowest BCUT2D eigenvalue weighted by Gasteiger charge is -2.22. The van der Waals surface area contributed by atoms with Crippen molar-refractivity contribution in [1.82, 2.24) is 4.90 Å². The predicted molar refractivity (Wildman–Crippen MR) is 253 cm³/mol. The van der Waals surface area contributed by atoms with Gasteiger partial charge in [0.1, 0.15) is 0 Å². The Balaban J connectivity index is 4.19. The number of carbonyl (C=O) groups excluding carboxylic acids is 2. The molecule has 0 aliphatic rings. The molecule has 0 saturated carbocycles. The normalized spacial score (nSPS) is 12.0. The van der Waals surface area contributed by atoms with E-state index in [1.165, 1.54) is 70.6 Å². The molecule has 0 fully saturated rings. The van der Waals surface area contributed by atoms with Crippen molar-refractivity contribution < 1.29 is 33.6 Å². The first-order valence-corrected chi connectivity index (χ1v) is 25.7. The monoisotopic (exact) mass is 850 g/mol. The minimum Gasteiger partial charge on any atom is -0.466 e. The molecule has 0 rings (SSSR count). The van der Waals surface area contributed by atoms with Crippen molar-refractivity contribution >= 4 is 11.9 Å². The quantitative estimate of drug-likeness (QED) is 0.0280. The number of esters is 2. The van der Waals surface area contributed by atoms with Gasteiger partial charge in [-0.3, -0.25) is 9.59 Å². The second-order valence-corrected chi connectivity index (χ2v) is 17.1. The Bertz CT molecular complexity index is 921. The lowest BCUT2D eigenvalue weighted by atomic mass is 9.92. The van der Waals surface area contributed by atoms with Gasteiger partial charge >= 0.3 is 11.9 Å². The summed E-state index contributed by atoms with van der Waals surface area (Å²) in [6, 6.07) is 0. The number of aliphatic hydroxyl groups is 1. The smallest absolute Gasteiger partial charge is 0.305 e. The van der Waals surface area contributed by atoms with Crippen LogP contribution in [0.15, 0.2) is 24.3 Å². The fraction of sp³-hybridized carbons (Fsp3) is 0.885. The van der Waals surface area contributed by atoms with Crippen LogP contribution in [0.4, 0.5) is 0 Å². The van der Waals surface area contributed by atoms with Crippen molar-refractivity contribution in [3.8, 4) is 0 Å². The maximum Gasteiger partial charge on any atom is 0.305 e. The zero-order valence-corrected chi connectivity index (χ0v) is 40.1. The molecule has 60 heavy (non-hydrogen) atoms. The molecule has 0 aromatic heterocycles. The summed E-state index contributed by atoms with van der Waals surface area (Å²) in [4.78, 5) is 27.4. The molecule has 0 bridgehead atoms. The molecular formula is C52H99NO7. The Labute approximate surface area is 371 Å². The summed E-state index contributed by atoms with van der Waals surface area (Å²) < 4.78 is 23.3. The van der Waals surface area contributed by atoms with Crippen LogP contribution in [0.2, 0.25) is 0 Å². The summed E-state index contributed by atoms with van der Waals surface area (Å²) in [7, 11) is 0. The molecular weight excluding hydrogens is 751 g/mol. The van der Waals surface area contributed by atoms with Crippen molar-refractivity contribution in [2.75, 3.05) is 52.7 Å². The van der Waals surface area contributed by atoms with Gasteiger partial charge in [0.05, 0.1) is 19.6 Å². The molecule has 0 aromatic rings. The molecule has 8 heteroatoms. The van der Waals surface area contributed by atoms with E-state index in [0.717, 1.165) is 135 Å². The number of allylic oxidation sites excluding steroid dienone is 4. The summed E-state index contributed by atoms with van der Waals surface area (Å²) in [5.74, 6) is 0.512. The highest BCUT2D eigenvalue weighted by molar-refractivity contribution is 5.69. The maximum atomic E-state index is 12.5. The molecule has 354 valence electrons. The zero-order chi connectivity index (χ0) is 43.8. The van der Waals surface area contributed by atoms with Gasteiger partial charge in [-0.05, 0) is 109 Å². The van der Waals surface area contributed by atoms with Crippen LogP contribution in [0.5, 0.6) is 0 Å². The van der Waals surface area contributed by atoms with Crippen molar-refractivity contribution in [2.24, 2.45) is 5.92 Å². The number of rotatable bonds is 48. The lowest BCUT2D eigenvalue weighted by molar-refractivity contribution is -0.159.